The Morgan fingerprint density at radius 3 is 2.16 bits per heavy atom. The highest BCUT2D eigenvalue weighted by atomic mass is 19.2. The van der Waals surface area contributed by atoms with Gasteiger partial charge in [-0.1, -0.05) is 23.3 Å². The van der Waals surface area contributed by atoms with Crippen LogP contribution in [0.15, 0.2) is 50.7 Å². The first-order chi connectivity index (χ1) is 17.4. The molecule has 1 aromatic heterocycles. The van der Waals surface area contributed by atoms with E-state index in [1.54, 1.807) is 26.0 Å². The van der Waals surface area contributed by atoms with Crippen LogP contribution in [0.4, 0.5) is 8.78 Å². The van der Waals surface area contributed by atoms with E-state index in [0.717, 1.165) is 23.3 Å². The van der Waals surface area contributed by atoms with Gasteiger partial charge in [-0.25, -0.2) is 13.6 Å². The largest absolute Gasteiger partial charge is 0.507 e. The number of carbonyl (C=O) groups is 1. The molecule has 0 saturated heterocycles. The van der Waals surface area contributed by atoms with Crippen molar-refractivity contribution in [1.82, 2.24) is 0 Å². The molecule has 0 bridgehead atoms. The topological polar surface area (TPSA) is 117 Å². The molecule has 9 heteroatoms. The van der Waals surface area contributed by atoms with Crippen LogP contribution in [0.5, 0.6) is 11.5 Å². The first-order valence-electron chi connectivity index (χ1n) is 11.4. The van der Waals surface area contributed by atoms with E-state index in [9.17, 15) is 33.7 Å². The summed E-state index contributed by atoms with van der Waals surface area (Å²) in [7, 11) is 1.19. The molecule has 0 aliphatic rings. The van der Waals surface area contributed by atoms with Gasteiger partial charge in [-0.05, 0) is 58.7 Å². The van der Waals surface area contributed by atoms with Gasteiger partial charge in [-0.15, -0.1) is 0 Å². The van der Waals surface area contributed by atoms with Crippen LogP contribution in [0.3, 0.4) is 0 Å². The molecule has 3 aromatic rings. The number of carboxylic acid groups (broad SMARTS) is 1. The molecule has 0 radical (unpaired) electrons. The molecule has 1 heterocycles. The summed E-state index contributed by atoms with van der Waals surface area (Å²) in [5, 5.41) is 31.4. The van der Waals surface area contributed by atoms with Gasteiger partial charge in [0, 0.05) is 22.3 Å². The lowest BCUT2D eigenvalue weighted by atomic mass is 9.88. The number of hydrogen-bond donors (Lipinski definition) is 3. The molecule has 37 heavy (non-hydrogen) atoms. The highest BCUT2D eigenvalue weighted by Gasteiger charge is 2.31. The highest BCUT2D eigenvalue weighted by Crippen LogP contribution is 2.42. The number of aliphatic carboxylic acids is 1. The monoisotopic (exact) mass is 514 g/mol. The van der Waals surface area contributed by atoms with Crippen LogP contribution in [0, 0.1) is 11.6 Å². The maximum Gasteiger partial charge on any atom is 0.337 e. The van der Waals surface area contributed by atoms with Gasteiger partial charge < -0.3 is 24.5 Å². The van der Waals surface area contributed by atoms with Gasteiger partial charge in [0.15, 0.2) is 23.5 Å². The van der Waals surface area contributed by atoms with Crippen LogP contribution in [-0.2, 0) is 17.6 Å². The predicted molar refractivity (Wildman–Crippen MR) is 135 cm³/mol. The lowest BCUT2D eigenvalue weighted by Gasteiger charge is -2.21. The molecule has 0 spiro atoms. The summed E-state index contributed by atoms with van der Waals surface area (Å²) in [6, 6.07) is 2.88. The second-order valence-corrected chi connectivity index (χ2v) is 9.06. The summed E-state index contributed by atoms with van der Waals surface area (Å²) in [5.41, 5.74) is 0.804. The van der Waals surface area contributed by atoms with Crippen LogP contribution in [0.1, 0.15) is 50.5 Å². The number of allylic oxidation sites excluding steroid dienone is 4. The number of aromatic hydroxyl groups is 1. The lowest BCUT2D eigenvalue weighted by Crippen LogP contribution is -2.18. The summed E-state index contributed by atoms with van der Waals surface area (Å²) in [4.78, 5) is 25.5. The zero-order valence-corrected chi connectivity index (χ0v) is 21.1. The van der Waals surface area contributed by atoms with Crippen molar-refractivity contribution in [3.8, 4) is 22.8 Å². The number of halogens is 2. The molecule has 0 amide bonds. The normalized spacial score (nSPS) is 11.8. The quantitative estimate of drug-likeness (QED) is 0.336. The minimum atomic E-state index is -2.05. The molecule has 1 atom stereocenters. The Morgan fingerprint density at radius 1 is 1.05 bits per heavy atom. The number of aliphatic hydroxyl groups is 1. The summed E-state index contributed by atoms with van der Waals surface area (Å²) in [5.74, 6) is -5.02. The Morgan fingerprint density at radius 2 is 1.65 bits per heavy atom. The van der Waals surface area contributed by atoms with E-state index in [1.807, 2.05) is 13.8 Å². The summed E-state index contributed by atoms with van der Waals surface area (Å²) >= 11 is 0. The lowest BCUT2D eigenvalue weighted by molar-refractivity contribution is -0.147. The van der Waals surface area contributed by atoms with Crippen molar-refractivity contribution in [2.24, 2.45) is 0 Å². The molecule has 0 fully saturated rings. The molecular formula is C28H28F2O7. The fourth-order valence-corrected chi connectivity index (χ4v) is 4.02. The van der Waals surface area contributed by atoms with Gasteiger partial charge in [-0.3, -0.25) is 4.79 Å². The standard InChI is InChI=1S/C28H28F2O7/c1-13(2)6-9-16-20(24(33)28(34)35)17(10-7-14(3)4)26-21(22(16)31)23(32)27(36-5)25(37-26)15-8-11-18(29)19(30)12-15/h6-8,11-12,24,31,33H,9-10H2,1-5H3,(H,34,35). The summed E-state index contributed by atoms with van der Waals surface area (Å²) < 4.78 is 38.9. The third-order valence-corrected chi connectivity index (χ3v) is 5.84. The van der Waals surface area contributed by atoms with Gasteiger partial charge in [0.1, 0.15) is 16.7 Å². The Labute approximate surface area is 211 Å². The third-order valence-electron chi connectivity index (χ3n) is 5.84. The highest BCUT2D eigenvalue weighted by molar-refractivity contribution is 5.93. The fraction of sp³-hybridized carbons (Fsp3) is 0.286. The van der Waals surface area contributed by atoms with Crippen LogP contribution >= 0.6 is 0 Å². The van der Waals surface area contributed by atoms with Gasteiger partial charge in [0.05, 0.1) is 7.11 Å². The average molecular weight is 515 g/mol. The second-order valence-electron chi connectivity index (χ2n) is 9.06. The number of carboxylic acids is 1. The number of aliphatic hydroxyl groups excluding tert-OH is 1. The Hall–Kier alpha value is -3.98. The molecular weight excluding hydrogens is 486 g/mol. The Kier molecular flexibility index (Phi) is 8.18. The number of rotatable bonds is 8. The molecule has 3 N–H and O–H groups in total. The summed E-state index contributed by atoms with van der Waals surface area (Å²) in [6.07, 6.45) is 1.50. The van der Waals surface area contributed by atoms with Crippen LogP contribution < -0.4 is 10.2 Å². The number of phenols is 1. The van der Waals surface area contributed by atoms with E-state index in [1.165, 1.54) is 13.2 Å². The van der Waals surface area contributed by atoms with Crippen molar-refractivity contribution in [1.29, 1.82) is 0 Å². The third kappa shape index (κ3) is 5.41. The molecule has 7 nitrogen and oxygen atoms in total. The van der Waals surface area contributed by atoms with Crippen molar-refractivity contribution < 1.29 is 38.0 Å². The smallest absolute Gasteiger partial charge is 0.337 e. The first-order valence-corrected chi connectivity index (χ1v) is 11.4. The fourth-order valence-electron chi connectivity index (χ4n) is 4.02. The SMILES string of the molecule is COc1c(-c2ccc(F)c(F)c2)oc2c(CC=C(C)C)c(C(O)C(=O)O)c(CC=C(C)C)c(O)c2c1=O. The Bertz CT molecular complexity index is 1490. The van der Waals surface area contributed by atoms with E-state index in [2.05, 4.69) is 0 Å². The average Bonchev–Trinajstić information content (AvgIpc) is 2.82. The van der Waals surface area contributed by atoms with E-state index < -0.39 is 34.9 Å². The van der Waals surface area contributed by atoms with E-state index in [-0.39, 0.29) is 57.6 Å². The molecule has 3 rings (SSSR count). The molecule has 1 unspecified atom stereocenters. The number of phenolic OH excluding ortho intramolecular Hbond substituents is 1. The van der Waals surface area contributed by atoms with Crippen molar-refractivity contribution in [2.45, 2.75) is 46.6 Å². The second kappa shape index (κ2) is 11.0. The number of ether oxygens (including phenoxy) is 1. The molecule has 0 saturated carbocycles. The van der Waals surface area contributed by atoms with E-state index in [0.29, 0.717) is 0 Å². The number of benzene rings is 2. The molecule has 2 aromatic carbocycles. The maximum atomic E-state index is 14.0. The van der Waals surface area contributed by atoms with Gasteiger partial charge in [0.25, 0.3) is 0 Å². The molecule has 196 valence electrons. The zero-order valence-electron chi connectivity index (χ0n) is 21.1. The minimum Gasteiger partial charge on any atom is -0.507 e. The number of hydrogen-bond acceptors (Lipinski definition) is 6. The molecule has 0 aliphatic heterocycles. The Balaban J connectivity index is 2.60. The van der Waals surface area contributed by atoms with Gasteiger partial charge in [0.2, 0.25) is 11.2 Å². The van der Waals surface area contributed by atoms with Crippen LogP contribution in [-0.4, -0.2) is 28.4 Å². The van der Waals surface area contributed by atoms with Crippen molar-refractivity contribution in [3.63, 3.8) is 0 Å². The van der Waals surface area contributed by atoms with E-state index >= 15 is 0 Å². The first kappa shape index (κ1) is 27.6. The number of methoxy groups -OCH3 is 1. The summed E-state index contributed by atoms with van der Waals surface area (Å²) in [6.45, 7) is 7.24. The van der Waals surface area contributed by atoms with E-state index in [4.69, 9.17) is 9.15 Å². The van der Waals surface area contributed by atoms with Crippen molar-refractivity contribution in [2.75, 3.05) is 7.11 Å². The van der Waals surface area contributed by atoms with Crippen LogP contribution in [0.25, 0.3) is 22.3 Å². The predicted octanol–water partition coefficient (Wildman–Crippen LogP) is 5.59. The van der Waals surface area contributed by atoms with Gasteiger partial charge in [-0.2, -0.15) is 0 Å². The van der Waals surface area contributed by atoms with Crippen molar-refractivity contribution >= 4 is 16.9 Å². The van der Waals surface area contributed by atoms with Gasteiger partial charge >= 0.3 is 5.97 Å². The molecule has 0 aliphatic carbocycles. The minimum absolute atomic E-state index is 0.0173. The number of fused-ring (bicyclic) bond motifs is 1. The van der Waals surface area contributed by atoms with Crippen LogP contribution in [0.2, 0.25) is 0 Å². The maximum absolute atomic E-state index is 14.0. The van der Waals surface area contributed by atoms with Crippen molar-refractivity contribution in [3.05, 3.63) is 80.0 Å². The zero-order chi connectivity index (χ0) is 27.6.